The van der Waals surface area contributed by atoms with Gasteiger partial charge in [0.05, 0.1) is 11.4 Å². The fourth-order valence-corrected chi connectivity index (χ4v) is 7.63. The summed E-state index contributed by atoms with van der Waals surface area (Å²) in [7, 11) is 0. The van der Waals surface area contributed by atoms with Gasteiger partial charge in [-0.25, -0.2) is 0 Å². The van der Waals surface area contributed by atoms with E-state index in [1.54, 1.807) is 0 Å². The summed E-state index contributed by atoms with van der Waals surface area (Å²) < 4.78 is 0. The first-order chi connectivity index (χ1) is 35.6. The first-order valence-corrected chi connectivity index (χ1v) is 24.0. The van der Waals surface area contributed by atoms with E-state index in [1.807, 2.05) is 176 Å². The Hall–Kier alpha value is -9.66. The Labute approximate surface area is 430 Å². The molecule has 0 atom stereocenters. The highest BCUT2D eigenvalue weighted by atomic mass is 14.9. The zero-order valence-electron chi connectivity index (χ0n) is 39.9. The van der Waals surface area contributed by atoms with Crippen molar-refractivity contribution in [3.63, 3.8) is 0 Å². The normalized spacial score (nSPS) is 10.6. The molecule has 0 heterocycles. The lowest BCUT2D eigenvalue weighted by molar-refractivity contribution is 1.10. The summed E-state index contributed by atoms with van der Waals surface area (Å²) in [6.07, 6.45) is 3.75. The van der Waals surface area contributed by atoms with Gasteiger partial charge in [0.25, 0.3) is 0 Å². The molecule has 0 aliphatic rings. The molecular formula is C65H60N8. The van der Waals surface area contributed by atoms with E-state index >= 15 is 0 Å². The lowest BCUT2D eigenvalue weighted by atomic mass is 10.1. The van der Waals surface area contributed by atoms with Crippen LogP contribution in [0.5, 0.6) is 0 Å². The minimum absolute atomic E-state index is 0. The Balaban J connectivity index is 0.000000192. The molecule has 0 saturated carbocycles. The summed E-state index contributed by atoms with van der Waals surface area (Å²) in [5, 5.41) is 20.6. The number of aliphatic imine (C=N–C) groups is 2. The average molecular weight is 953 g/mol. The number of para-hydroxylation sites is 4. The number of hydrogen-bond acceptors (Lipinski definition) is 8. The molecule has 0 aliphatic heterocycles. The van der Waals surface area contributed by atoms with Crippen LogP contribution in [0, 0.1) is 0 Å². The van der Waals surface area contributed by atoms with Crippen molar-refractivity contribution in [2.45, 2.75) is 20.5 Å². The lowest BCUT2D eigenvalue weighted by Gasteiger charge is -2.12. The number of anilines is 10. The summed E-state index contributed by atoms with van der Waals surface area (Å²) in [5.74, 6) is 0. The first-order valence-electron chi connectivity index (χ1n) is 24.0. The summed E-state index contributed by atoms with van der Waals surface area (Å²) in [6, 6.07) is 90.4. The monoisotopic (exact) mass is 952 g/mol. The molecule has 360 valence electrons. The Morgan fingerprint density at radius 2 is 0.534 bits per heavy atom. The van der Waals surface area contributed by atoms with E-state index in [0.29, 0.717) is 0 Å². The van der Waals surface area contributed by atoms with E-state index in [1.165, 1.54) is 11.1 Å². The van der Waals surface area contributed by atoms with Gasteiger partial charge < -0.3 is 31.9 Å². The van der Waals surface area contributed by atoms with Crippen LogP contribution in [-0.2, 0) is 13.1 Å². The lowest BCUT2D eigenvalue weighted by Crippen LogP contribution is -2.03. The second kappa shape index (κ2) is 26.4. The van der Waals surface area contributed by atoms with Crippen molar-refractivity contribution in [3.05, 3.63) is 289 Å². The molecule has 0 amide bonds. The quantitative estimate of drug-likeness (QED) is 0.0480. The molecule has 6 N–H and O–H groups in total. The van der Waals surface area contributed by atoms with Crippen LogP contribution in [0.4, 0.5) is 68.2 Å². The molecular weight excluding hydrogens is 893 g/mol. The van der Waals surface area contributed by atoms with Crippen LogP contribution in [-0.4, -0.2) is 12.4 Å². The minimum atomic E-state index is 0. The Kier molecular flexibility index (Phi) is 18.0. The van der Waals surface area contributed by atoms with Crippen LogP contribution in [0.15, 0.2) is 277 Å². The van der Waals surface area contributed by atoms with E-state index in [4.69, 9.17) is 0 Å². The Bertz CT molecular complexity index is 3020. The van der Waals surface area contributed by atoms with Crippen molar-refractivity contribution < 1.29 is 0 Å². The number of nitrogens with zero attached hydrogens (tertiary/aromatic N) is 2. The van der Waals surface area contributed by atoms with Crippen LogP contribution < -0.4 is 31.9 Å². The predicted octanol–water partition coefficient (Wildman–Crippen LogP) is 17.7. The molecule has 0 radical (unpaired) electrons. The molecule has 0 aliphatic carbocycles. The molecule has 10 rings (SSSR count). The molecule has 0 saturated heterocycles. The van der Waals surface area contributed by atoms with Crippen LogP contribution in [0.1, 0.15) is 29.7 Å². The van der Waals surface area contributed by atoms with Crippen molar-refractivity contribution in [3.8, 4) is 0 Å². The minimum Gasteiger partial charge on any atom is -0.381 e. The van der Waals surface area contributed by atoms with E-state index in [9.17, 15) is 0 Å². The second-order valence-corrected chi connectivity index (χ2v) is 16.9. The molecule has 10 aromatic carbocycles. The third kappa shape index (κ3) is 16.2. The molecule has 0 fully saturated rings. The molecule has 8 nitrogen and oxygen atoms in total. The van der Waals surface area contributed by atoms with Crippen molar-refractivity contribution in [1.29, 1.82) is 0 Å². The van der Waals surface area contributed by atoms with E-state index in [0.717, 1.165) is 92.5 Å². The Morgan fingerprint density at radius 1 is 0.260 bits per heavy atom. The molecule has 0 spiro atoms. The van der Waals surface area contributed by atoms with Gasteiger partial charge in [0.1, 0.15) is 0 Å². The summed E-state index contributed by atoms with van der Waals surface area (Å²) in [6.45, 7) is 1.55. The maximum atomic E-state index is 4.62. The maximum absolute atomic E-state index is 4.62. The highest BCUT2D eigenvalue weighted by Crippen LogP contribution is 2.24. The van der Waals surface area contributed by atoms with Gasteiger partial charge >= 0.3 is 0 Å². The van der Waals surface area contributed by atoms with Crippen molar-refractivity contribution in [2.75, 3.05) is 31.9 Å². The number of benzene rings is 10. The van der Waals surface area contributed by atoms with Gasteiger partial charge in [-0.15, -0.1) is 0 Å². The van der Waals surface area contributed by atoms with Crippen molar-refractivity contribution in [2.24, 2.45) is 9.98 Å². The zero-order chi connectivity index (χ0) is 48.8. The highest BCUT2D eigenvalue weighted by Gasteiger charge is 2.02. The van der Waals surface area contributed by atoms with Gasteiger partial charge in [0.2, 0.25) is 0 Å². The third-order valence-electron chi connectivity index (χ3n) is 11.4. The average Bonchev–Trinajstić information content (AvgIpc) is 3.44. The molecule has 0 aromatic heterocycles. The van der Waals surface area contributed by atoms with Crippen LogP contribution in [0.2, 0.25) is 0 Å². The fourth-order valence-electron chi connectivity index (χ4n) is 7.63. The second-order valence-electron chi connectivity index (χ2n) is 16.9. The molecule has 0 unspecified atom stereocenters. The van der Waals surface area contributed by atoms with Gasteiger partial charge in [0, 0.05) is 82.4 Å². The molecule has 0 bridgehead atoms. The van der Waals surface area contributed by atoms with Crippen molar-refractivity contribution >= 4 is 80.7 Å². The largest absolute Gasteiger partial charge is 0.381 e. The fraction of sp³-hybridized carbons (Fsp3) is 0.0462. The number of nitrogens with one attached hydrogen (secondary N) is 6. The molecule has 8 heteroatoms. The first kappa shape index (κ1) is 49.8. The van der Waals surface area contributed by atoms with Gasteiger partial charge in [-0.05, 0) is 174 Å². The topological polar surface area (TPSA) is 96.9 Å². The van der Waals surface area contributed by atoms with Crippen molar-refractivity contribution in [1.82, 2.24) is 0 Å². The zero-order valence-corrected chi connectivity index (χ0v) is 39.9. The standard InChI is InChI=1S/C32H30N4.C32H26N4.CH4/c2*1-3-10-29(11-4-1)35-31-18-14-27(15-19-31)33-23-25-8-7-9-26(22-25)24-34-28-16-20-32(21-17-28)36-30-12-5-2-6-13-30;/h1-22,33-36H,23-24H2;1-24,35-36H;1H4. The predicted molar refractivity (Wildman–Crippen MR) is 313 cm³/mol. The maximum Gasteiger partial charge on any atom is 0.0631 e. The van der Waals surface area contributed by atoms with E-state index in [2.05, 4.69) is 145 Å². The van der Waals surface area contributed by atoms with Gasteiger partial charge in [-0.3, -0.25) is 9.98 Å². The number of hydrogen-bond donors (Lipinski definition) is 6. The Morgan fingerprint density at radius 3 is 0.863 bits per heavy atom. The summed E-state index contributed by atoms with van der Waals surface area (Å²) >= 11 is 0. The van der Waals surface area contributed by atoms with Gasteiger partial charge in [-0.1, -0.05) is 123 Å². The van der Waals surface area contributed by atoms with Crippen LogP contribution in [0.3, 0.4) is 0 Å². The summed E-state index contributed by atoms with van der Waals surface area (Å²) in [4.78, 5) is 9.25. The number of rotatable bonds is 18. The smallest absolute Gasteiger partial charge is 0.0631 e. The van der Waals surface area contributed by atoms with E-state index in [-0.39, 0.29) is 7.43 Å². The SMILES string of the molecule is C.C(=Nc1ccc(Nc2ccccc2)cc1)c1cccc(C=Nc2ccc(Nc3ccccc3)cc2)c1.c1ccc(Nc2ccc(NCc3cccc(CNc4ccc(Nc5ccccc5)cc4)c3)cc2)cc1. The van der Waals surface area contributed by atoms with Gasteiger partial charge in [-0.2, -0.15) is 0 Å². The van der Waals surface area contributed by atoms with E-state index < -0.39 is 0 Å². The molecule has 73 heavy (non-hydrogen) atoms. The van der Waals surface area contributed by atoms with Crippen LogP contribution >= 0.6 is 0 Å². The van der Waals surface area contributed by atoms with Gasteiger partial charge in [0.15, 0.2) is 0 Å². The third-order valence-corrected chi connectivity index (χ3v) is 11.4. The summed E-state index contributed by atoms with van der Waals surface area (Å²) in [5.41, 5.74) is 17.0. The highest BCUT2D eigenvalue weighted by molar-refractivity contribution is 5.88. The van der Waals surface area contributed by atoms with Crippen LogP contribution in [0.25, 0.3) is 0 Å². The molecule has 10 aromatic rings.